The molecule has 0 fully saturated rings. The minimum absolute atomic E-state index is 0.376. The van der Waals surface area contributed by atoms with Gasteiger partial charge in [0.15, 0.2) is 0 Å². The van der Waals surface area contributed by atoms with Gasteiger partial charge in [-0.05, 0) is 24.0 Å². The van der Waals surface area contributed by atoms with Crippen LogP contribution in [0.4, 0.5) is 0 Å². The van der Waals surface area contributed by atoms with Crippen LogP contribution in [0, 0.1) is 0 Å². The number of methoxy groups -OCH3 is 2. The number of hydrogen-bond donors (Lipinski definition) is 0. The SMILES string of the molecule is COC(=O)c1nc(C2=CCOCC2)cs1.COC(=O)c1nc(C2=CCOCC2)cs1. The molecule has 0 saturated carbocycles. The number of hydrogen-bond acceptors (Lipinski definition) is 10. The molecule has 4 heterocycles. The van der Waals surface area contributed by atoms with E-state index in [0.717, 1.165) is 48.6 Å². The average Bonchev–Trinajstić information content (AvgIpc) is 3.50. The van der Waals surface area contributed by atoms with E-state index < -0.39 is 0 Å². The van der Waals surface area contributed by atoms with Gasteiger partial charge >= 0.3 is 11.9 Å². The summed E-state index contributed by atoms with van der Waals surface area (Å²) in [7, 11) is 2.72. The van der Waals surface area contributed by atoms with Gasteiger partial charge in [-0.1, -0.05) is 12.2 Å². The van der Waals surface area contributed by atoms with Crippen molar-refractivity contribution in [2.75, 3.05) is 40.6 Å². The molecule has 0 aromatic carbocycles. The molecule has 0 unspecified atom stereocenters. The minimum atomic E-state index is -0.376. The predicted octanol–water partition coefficient (Wildman–Crippen LogP) is 3.47. The standard InChI is InChI=1S/2C10H11NO3S/c2*1-13-10(12)9-11-8(6-15-9)7-2-4-14-5-3-7/h2*2,6H,3-5H2,1H3. The van der Waals surface area contributed by atoms with Crippen molar-refractivity contribution in [2.45, 2.75) is 12.8 Å². The molecule has 0 spiro atoms. The largest absolute Gasteiger partial charge is 0.464 e. The fourth-order valence-electron chi connectivity index (χ4n) is 2.72. The molecule has 10 heteroatoms. The molecule has 0 saturated heterocycles. The lowest BCUT2D eigenvalue weighted by atomic mass is 10.1. The van der Waals surface area contributed by atoms with Crippen LogP contribution in [0.5, 0.6) is 0 Å². The Kier molecular flexibility index (Phi) is 8.26. The summed E-state index contributed by atoms with van der Waals surface area (Å²) in [5.74, 6) is -0.752. The molecule has 2 aliphatic rings. The van der Waals surface area contributed by atoms with E-state index in [1.807, 2.05) is 22.9 Å². The van der Waals surface area contributed by atoms with E-state index in [2.05, 4.69) is 19.4 Å². The lowest BCUT2D eigenvalue weighted by molar-refractivity contribution is 0.0591. The number of rotatable bonds is 4. The topological polar surface area (TPSA) is 96.8 Å². The molecule has 0 aliphatic carbocycles. The van der Waals surface area contributed by atoms with E-state index in [1.54, 1.807) is 0 Å². The lowest BCUT2D eigenvalue weighted by Gasteiger charge is -2.10. The van der Waals surface area contributed by atoms with Crippen LogP contribution in [-0.2, 0) is 18.9 Å². The number of thiazole rings is 2. The molecule has 2 aliphatic heterocycles. The summed E-state index contributed by atoms with van der Waals surface area (Å²) in [5.41, 5.74) is 4.02. The molecular formula is C20H22N2O6S2. The summed E-state index contributed by atoms with van der Waals surface area (Å²) < 4.78 is 19.6. The number of nitrogens with zero attached hydrogens (tertiary/aromatic N) is 2. The van der Waals surface area contributed by atoms with Crippen molar-refractivity contribution in [3.05, 3.63) is 44.3 Å². The maximum Gasteiger partial charge on any atom is 0.367 e. The molecule has 160 valence electrons. The number of ether oxygens (including phenoxy) is 4. The van der Waals surface area contributed by atoms with Crippen LogP contribution in [0.1, 0.15) is 43.8 Å². The Balaban J connectivity index is 0.000000171. The van der Waals surface area contributed by atoms with Crippen molar-refractivity contribution in [3.8, 4) is 0 Å². The summed E-state index contributed by atoms with van der Waals surface area (Å²) >= 11 is 2.62. The van der Waals surface area contributed by atoms with E-state index in [9.17, 15) is 9.59 Å². The lowest BCUT2D eigenvalue weighted by Crippen LogP contribution is -2.05. The first kappa shape index (κ1) is 22.3. The van der Waals surface area contributed by atoms with Gasteiger partial charge in [-0.15, -0.1) is 22.7 Å². The van der Waals surface area contributed by atoms with Crippen LogP contribution < -0.4 is 0 Å². The Bertz CT molecular complexity index is 871. The summed E-state index contributed by atoms with van der Waals surface area (Å²) in [6.07, 6.45) is 5.70. The first-order valence-corrected chi connectivity index (χ1v) is 11.0. The third kappa shape index (κ3) is 5.82. The number of carbonyl (C=O) groups excluding carboxylic acids is 2. The summed E-state index contributed by atoms with van der Waals surface area (Å²) in [6.45, 7) is 2.69. The maximum absolute atomic E-state index is 11.2. The van der Waals surface area contributed by atoms with Gasteiger partial charge in [0.1, 0.15) is 0 Å². The summed E-state index contributed by atoms with van der Waals surface area (Å²) in [5, 5.41) is 4.56. The third-order valence-corrected chi connectivity index (χ3v) is 5.96. The van der Waals surface area contributed by atoms with Crippen LogP contribution in [0.25, 0.3) is 11.1 Å². The minimum Gasteiger partial charge on any atom is -0.464 e. The number of esters is 2. The van der Waals surface area contributed by atoms with Crippen LogP contribution in [0.15, 0.2) is 22.9 Å². The molecule has 0 N–H and O–H groups in total. The molecule has 8 nitrogen and oxygen atoms in total. The van der Waals surface area contributed by atoms with Gasteiger partial charge in [-0.3, -0.25) is 0 Å². The predicted molar refractivity (Wildman–Crippen MR) is 114 cm³/mol. The molecule has 0 amide bonds. The second kappa shape index (κ2) is 11.1. The van der Waals surface area contributed by atoms with Gasteiger partial charge in [-0.2, -0.15) is 0 Å². The number of carbonyl (C=O) groups is 2. The van der Waals surface area contributed by atoms with Crippen molar-refractivity contribution in [1.29, 1.82) is 0 Å². The summed E-state index contributed by atoms with van der Waals surface area (Å²) in [6, 6.07) is 0. The normalized spacial score (nSPS) is 15.9. The van der Waals surface area contributed by atoms with Crippen molar-refractivity contribution < 1.29 is 28.5 Å². The Morgan fingerprint density at radius 2 is 1.27 bits per heavy atom. The molecule has 30 heavy (non-hydrogen) atoms. The highest BCUT2D eigenvalue weighted by Crippen LogP contribution is 2.24. The van der Waals surface area contributed by atoms with Gasteiger partial charge in [0.25, 0.3) is 0 Å². The van der Waals surface area contributed by atoms with Crippen molar-refractivity contribution in [3.63, 3.8) is 0 Å². The molecular weight excluding hydrogens is 428 g/mol. The van der Waals surface area contributed by atoms with E-state index in [-0.39, 0.29) is 11.9 Å². The van der Waals surface area contributed by atoms with Gasteiger partial charge in [0, 0.05) is 10.8 Å². The highest BCUT2D eigenvalue weighted by molar-refractivity contribution is 7.12. The van der Waals surface area contributed by atoms with Crippen LogP contribution >= 0.6 is 22.7 Å². The van der Waals surface area contributed by atoms with Crippen molar-refractivity contribution in [2.24, 2.45) is 0 Å². The Hall–Kier alpha value is -2.40. The first-order valence-electron chi connectivity index (χ1n) is 9.24. The van der Waals surface area contributed by atoms with Gasteiger partial charge in [0.2, 0.25) is 10.0 Å². The highest BCUT2D eigenvalue weighted by atomic mass is 32.1. The monoisotopic (exact) mass is 450 g/mol. The second-order valence-corrected chi connectivity index (χ2v) is 7.88. The molecule has 0 radical (unpaired) electrons. The van der Waals surface area contributed by atoms with Crippen LogP contribution in [-0.4, -0.2) is 62.6 Å². The van der Waals surface area contributed by atoms with E-state index in [4.69, 9.17) is 9.47 Å². The smallest absolute Gasteiger partial charge is 0.367 e. The van der Waals surface area contributed by atoms with Gasteiger partial charge in [-0.25, -0.2) is 19.6 Å². The Morgan fingerprint density at radius 1 is 0.833 bits per heavy atom. The quantitative estimate of drug-likeness (QED) is 0.654. The molecule has 0 bridgehead atoms. The van der Waals surface area contributed by atoms with E-state index in [0.29, 0.717) is 23.2 Å². The zero-order valence-electron chi connectivity index (χ0n) is 16.7. The van der Waals surface area contributed by atoms with E-state index >= 15 is 0 Å². The third-order valence-electron chi connectivity index (χ3n) is 4.31. The zero-order valence-corrected chi connectivity index (χ0v) is 18.3. The molecule has 2 aromatic heterocycles. The fourth-order valence-corrected chi connectivity index (χ4v) is 4.24. The average molecular weight is 451 g/mol. The van der Waals surface area contributed by atoms with Gasteiger partial charge in [0.05, 0.1) is 52.0 Å². The molecule has 0 atom stereocenters. The van der Waals surface area contributed by atoms with Crippen molar-refractivity contribution in [1.82, 2.24) is 9.97 Å². The van der Waals surface area contributed by atoms with Crippen LogP contribution in [0.2, 0.25) is 0 Å². The summed E-state index contributed by atoms with van der Waals surface area (Å²) in [4.78, 5) is 30.8. The van der Waals surface area contributed by atoms with Gasteiger partial charge < -0.3 is 18.9 Å². The highest BCUT2D eigenvalue weighted by Gasteiger charge is 2.15. The molecule has 2 aromatic rings. The van der Waals surface area contributed by atoms with E-state index in [1.165, 1.54) is 36.9 Å². The second-order valence-electron chi connectivity index (χ2n) is 6.17. The maximum atomic E-state index is 11.2. The Labute approximate surface area is 182 Å². The van der Waals surface area contributed by atoms with Crippen LogP contribution in [0.3, 0.4) is 0 Å². The zero-order chi connectivity index (χ0) is 21.3. The van der Waals surface area contributed by atoms with Crippen molar-refractivity contribution >= 4 is 45.8 Å². The first-order chi connectivity index (χ1) is 14.6. The molecule has 4 rings (SSSR count). The fraction of sp³-hybridized carbons (Fsp3) is 0.400. The number of aromatic nitrogens is 2. The Morgan fingerprint density at radius 3 is 1.60 bits per heavy atom.